The van der Waals surface area contributed by atoms with Gasteiger partial charge in [0.05, 0.1) is 12.6 Å². The van der Waals surface area contributed by atoms with Crippen molar-refractivity contribution in [2.24, 2.45) is 0 Å². The lowest BCUT2D eigenvalue weighted by Gasteiger charge is -2.09. The molecular formula is C12H13F3N2O. The highest BCUT2D eigenvalue weighted by Gasteiger charge is 2.37. The minimum absolute atomic E-state index is 0.251. The molecule has 0 amide bonds. The fraction of sp³-hybridized carbons (Fsp3) is 0.417. The first-order valence-electron chi connectivity index (χ1n) is 5.59. The van der Waals surface area contributed by atoms with Crippen LogP contribution in [0, 0.1) is 0 Å². The number of aromatic nitrogens is 2. The first kappa shape index (κ1) is 12.7. The fourth-order valence-corrected chi connectivity index (χ4v) is 1.95. The van der Waals surface area contributed by atoms with Gasteiger partial charge in [0.25, 0.3) is 0 Å². The number of para-hydroxylation sites is 1. The summed E-state index contributed by atoms with van der Waals surface area (Å²) in [6.07, 6.45) is -3.86. The molecule has 6 heteroatoms. The van der Waals surface area contributed by atoms with E-state index in [0.717, 1.165) is 0 Å². The Hall–Kier alpha value is -1.72. The van der Waals surface area contributed by atoms with Crippen LogP contribution in [0.3, 0.4) is 0 Å². The van der Waals surface area contributed by atoms with Crippen molar-refractivity contribution in [1.29, 1.82) is 0 Å². The Morgan fingerprint density at radius 1 is 1.33 bits per heavy atom. The monoisotopic (exact) mass is 258 g/mol. The summed E-state index contributed by atoms with van der Waals surface area (Å²) in [5.41, 5.74) is 0.698. The van der Waals surface area contributed by atoms with E-state index in [-0.39, 0.29) is 12.1 Å². The summed E-state index contributed by atoms with van der Waals surface area (Å²) < 4.78 is 45.0. The highest BCUT2D eigenvalue weighted by molar-refractivity contribution is 5.82. The predicted octanol–water partition coefficient (Wildman–Crippen LogP) is 3.47. The third-order valence-electron chi connectivity index (χ3n) is 2.66. The summed E-state index contributed by atoms with van der Waals surface area (Å²) in [7, 11) is 1.42. The number of hydrogen-bond donors (Lipinski definition) is 0. The zero-order chi connectivity index (χ0) is 13.3. The third kappa shape index (κ3) is 2.02. The second kappa shape index (κ2) is 4.51. The molecule has 0 saturated heterocycles. The number of imidazole rings is 1. The molecule has 98 valence electrons. The smallest absolute Gasteiger partial charge is 0.449 e. The molecule has 1 heterocycles. The Morgan fingerprint density at radius 2 is 2.06 bits per heavy atom. The van der Waals surface area contributed by atoms with Crippen molar-refractivity contribution in [2.75, 3.05) is 7.11 Å². The van der Waals surface area contributed by atoms with E-state index >= 15 is 0 Å². The Labute approximate surface area is 102 Å². The maximum atomic E-state index is 12.9. The van der Waals surface area contributed by atoms with Crippen LogP contribution in [-0.2, 0) is 12.7 Å². The van der Waals surface area contributed by atoms with E-state index in [4.69, 9.17) is 4.74 Å². The van der Waals surface area contributed by atoms with Crippen molar-refractivity contribution in [3.8, 4) is 5.75 Å². The highest BCUT2D eigenvalue weighted by atomic mass is 19.4. The summed E-state index contributed by atoms with van der Waals surface area (Å²) in [4.78, 5) is 3.69. The Bertz CT molecular complexity index is 560. The highest BCUT2D eigenvalue weighted by Crippen LogP contribution is 2.34. The molecule has 0 N–H and O–H groups in total. The van der Waals surface area contributed by atoms with E-state index in [1.165, 1.54) is 11.7 Å². The van der Waals surface area contributed by atoms with Gasteiger partial charge in [0, 0.05) is 6.54 Å². The van der Waals surface area contributed by atoms with Crippen molar-refractivity contribution in [3.63, 3.8) is 0 Å². The normalized spacial score (nSPS) is 12.1. The second-order valence-corrected chi connectivity index (χ2v) is 3.91. The number of aryl methyl sites for hydroxylation is 1. The molecule has 18 heavy (non-hydrogen) atoms. The van der Waals surface area contributed by atoms with Gasteiger partial charge in [0.15, 0.2) is 0 Å². The van der Waals surface area contributed by atoms with E-state index < -0.39 is 12.0 Å². The predicted molar refractivity (Wildman–Crippen MR) is 61.6 cm³/mol. The molecule has 2 aromatic rings. The van der Waals surface area contributed by atoms with Crippen LogP contribution in [0.5, 0.6) is 5.75 Å². The number of alkyl halides is 3. The lowest BCUT2D eigenvalue weighted by molar-refractivity contribution is -0.146. The largest absolute Gasteiger partial charge is 0.494 e. The van der Waals surface area contributed by atoms with Crippen LogP contribution in [-0.4, -0.2) is 16.7 Å². The van der Waals surface area contributed by atoms with Crippen LogP contribution in [0.4, 0.5) is 13.2 Å². The standard InChI is InChI=1S/C12H13F3N2O/c1-3-7-17-8-5-4-6-9(18-2)10(8)16-11(17)12(13,14)15/h4-6H,3,7H2,1-2H3. The summed E-state index contributed by atoms with van der Waals surface area (Å²) in [5, 5.41) is 0. The second-order valence-electron chi connectivity index (χ2n) is 3.91. The number of ether oxygens (including phenoxy) is 1. The van der Waals surface area contributed by atoms with Crippen LogP contribution in [0.25, 0.3) is 11.0 Å². The van der Waals surface area contributed by atoms with Gasteiger partial charge in [0.2, 0.25) is 5.82 Å². The average Bonchev–Trinajstić information content (AvgIpc) is 2.68. The zero-order valence-electron chi connectivity index (χ0n) is 10.1. The minimum atomic E-state index is -4.46. The van der Waals surface area contributed by atoms with Gasteiger partial charge >= 0.3 is 6.18 Å². The molecular weight excluding hydrogens is 245 g/mol. The van der Waals surface area contributed by atoms with Crippen molar-refractivity contribution < 1.29 is 17.9 Å². The molecule has 0 aliphatic heterocycles. The quantitative estimate of drug-likeness (QED) is 0.842. The molecule has 1 aromatic heterocycles. The lowest BCUT2D eigenvalue weighted by Crippen LogP contribution is -2.14. The van der Waals surface area contributed by atoms with E-state index in [1.807, 2.05) is 6.92 Å². The van der Waals surface area contributed by atoms with Gasteiger partial charge in [0.1, 0.15) is 11.3 Å². The van der Waals surface area contributed by atoms with Crippen molar-refractivity contribution in [3.05, 3.63) is 24.0 Å². The minimum Gasteiger partial charge on any atom is -0.494 e. The van der Waals surface area contributed by atoms with Crippen molar-refractivity contribution >= 4 is 11.0 Å². The van der Waals surface area contributed by atoms with Gasteiger partial charge < -0.3 is 9.30 Å². The molecule has 0 aliphatic carbocycles. The fourth-order valence-electron chi connectivity index (χ4n) is 1.95. The molecule has 0 radical (unpaired) electrons. The molecule has 0 unspecified atom stereocenters. The molecule has 3 nitrogen and oxygen atoms in total. The number of nitrogens with zero attached hydrogens (tertiary/aromatic N) is 2. The average molecular weight is 258 g/mol. The third-order valence-corrected chi connectivity index (χ3v) is 2.66. The van der Waals surface area contributed by atoms with Gasteiger partial charge in [-0.05, 0) is 18.6 Å². The summed E-state index contributed by atoms with van der Waals surface area (Å²) in [6, 6.07) is 4.89. The Balaban J connectivity index is 2.74. The van der Waals surface area contributed by atoms with E-state index in [9.17, 15) is 13.2 Å². The Kier molecular flexibility index (Phi) is 3.19. The summed E-state index contributed by atoms with van der Waals surface area (Å²) in [5.74, 6) is -0.517. The van der Waals surface area contributed by atoms with Gasteiger partial charge in [-0.15, -0.1) is 0 Å². The lowest BCUT2D eigenvalue weighted by atomic mass is 10.3. The first-order valence-corrected chi connectivity index (χ1v) is 5.59. The molecule has 0 bridgehead atoms. The number of hydrogen-bond acceptors (Lipinski definition) is 2. The molecule has 2 rings (SSSR count). The number of benzene rings is 1. The molecule has 0 spiro atoms. The maximum Gasteiger partial charge on any atom is 0.449 e. The van der Waals surface area contributed by atoms with Crippen LogP contribution in [0.15, 0.2) is 18.2 Å². The van der Waals surface area contributed by atoms with E-state index in [0.29, 0.717) is 17.7 Å². The van der Waals surface area contributed by atoms with Crippen LogP contribution in [0.2, 0.25) is 0 Å². The zero-order valence-corrected chi connectivity index (χ0v) is 10.1. The number of halogens is 3. The number of fused-ring (bicyclic) bond motifs is 1. The molecule has 0 atom stereocenters. The SMILES string of the molecule is CCCn1c(C(F)(F)F)nc2c(OC)cccc21. The molecule has 0 saturated carbocycles. The van der Waals surface area contributed by atoms with Gasteiger partial charge in [-0.1, -0.05) is 13.0 Å². The van der Waals surface area contributed by atoms with Crippen LogP contribution < -0.4 is 4.74 Å². The molecule has 0 aliphatic rings. The first-order chi connectivity index (χ1) is 8.49. The van der Waals surface area contributed by atoms with Crippen molar-refractivity contribution in [2.45, 2.75) is 26.1 Å². The summed E-state index contributed by atoms with van der Waals surface area (Å²) >= 11 is 0. The topological polar surface area (TPSA) is 27.1 Å². The molecule has 1 aromatic carbocycles. The van der Waals surface area contributed by atoms with E-state index in [2.05, 4.69) is 4.98 Å². The maximum absolute atomic E-state index is 12.9. The van der Waals surface area contributed by atoms with Crippen LogP contribution in [0.1, 0.15) is 19.2 Å². The van der Waals surface area contributed by atoms with Crippen molar-refractivity contribution in [1.82, 2.24) is 9.55 Å². The summed E-state index contributed by atoms with van der Waals surface area (Å²) in [6.45, 7) is 2.10. The molecule has 0 fully saturated rings. The van der Waals surface area contributed by atoms with Gasteiger partial charge in [-0.25, -0.2) is 4.98 Å². The van der Waals surface area contributed by atoms with Crippen LogP contribution >= 0.6 is 0 Å². The van der Waals surface area contributed by atoms with Gasteiger partial charge in [-0.2, -0.15) is 13.2 Å². The van der Waals surface area contributed by atoms with E-state index in [1.54, 1.807) is 18.2 Å². The van der Waals surface area contributed by atoms with Gasteiger partial charge in [-0.3, -0.25) is 0 Å². The number of rotatable bonds is 3. The Morgan fingerprint density at radius 3 is 2.61 bits per heavy atom. The number of methoxy groups -OCH3 is 1.